The minimum absolute atomic E-state index is 0.0127. The number of aryl methyl sites for hydroxylation is 2. The maximum absolute atomic E-state index is 13.4. The quantitative estimate of drug-likeness (QED) is 0.672. The molecule has 1 aromatic carbocycles. The van der Waals surface area contributed by atoms with Gasteiger partial charge >= 0.3 is 0 Å². The summed E-state index contributed by atoms with van der Waals surface area (Å²) in [5.74, 6) is 0.791. The third-order valence-corrected chi connectivity index (χ3v) is 6.65. The van der Waals surface area contributed by atoms with Gasteiger partial charge in [0.05, 0.1) is 29.7 Å². The molecule has 6 nitrogen and oxygen atoms in total. The van der Waals surface area contributed by atoms with Crippen molar-refractivity contribution in [1.82, 2.24) is 14.5 Å². The molecule has 28 heavy (non-hydrogen) atoms. The fourth-order valence-electron chi connectivity index (χ4n) is 3.90. The first kappa shape index (κ1) is 18.7. The van der Waals surface area contributed by atoms with Gasteiger partial charge in [0, 0.05) is 13.1 Å². The lowest BCUT2D eigenvalue weighted by Gasteiger charge is -2.25. The summed E-state index contributed by atoms with van der Waals surface area (Å²) in [5, 5.41) is 0.567. The van der Waals surface area contributed by atoms with Gasteiger partial charge in [-0.3, -0.25) is 14.2 Å². The van der Waals surface area contributed by atoms with Crippen LogP contribution in [0.3, 0.4) is 0 Å². The Bertz CT molecular complexity index is 1080. The van der Waals surface area contributed by atoms with Crippen LogP contribution in [0.5, 0.6) is 5.75 Å². The molecule has 7 heteroatoms. The highest BCUT2D eigenvalue weighted by Gasteiger charge is 2.33. The number of methoxy groups -OCH3 is 1. The second kappa shape index (κ2) is 7.39. The van der Waals surface area contributed by atoms with Crippen molar-refractivity contribution in [2.24, 2.45) is 0 Å². The Labute approximate surface area is 167 Å². The fraction of sp³-hybridized carbons (Fsp3) is 0.381. The zero-order valence-corrected chi connectivity index (χ0v) is 17.1. The van der Waals surface area contributed by atoms with Crippen LogP contribution in [0.2, 0.25) is 0 Å². The highest BCUT2D eigenvalue weighted by molar-refractivity contribution is 7.20. The Morgan fingerprint density at radius 2 is 2.07 bits per heavy atom. The number of ether oxygens (including phenoxy) is 1. The van der Waals surface area contributed by atoms with Crippen molar-refractivity contribution in [2.75, 3.05) is 13.7 Å². The third-order valence-electron chi connectivity index (χ3n) is 5.47. The Hall–Kier alpha value is -2.67. The van der Waals surface area contributed by atoms with Gasteiger partial charge < -0.3 is 9.64 Å². The van der Waals surface area contributed by atoms with E-state index in [1.165, 1.54) is 11.3 Å². The standard InChI is InChI=1S/C21H23N3O3S/c1-4-23-12-22-19-17(20(23)25)13(2)18(28-19)21(26)24-11-5-6-16(24)14-7-9-15(27-3)10-8-14/h7-10,12,16H,4-6,11H2,1-3H3. The van der Waals surface area contributed by atoms with E-state index in [0.29, 0.717) is 21.6 Å². The van der Waals surface area contributed by atoms with Crippen LogP contribution in [0.15, 0.2) is 35.4 Å². The van der Waals surface area contributed by atoms with Crippen LogP contribution in [-0.2, 0) is 6.54 Å². The molecule has 0 saturated carbocycles. The molecule has 1 unspecified atom stereocenters. The van der Waals surface area contributed by atoms with Crippen molar-refractivity contribution in [1.29, 1.82) is 0 Å². The van der Waals surface area contributed by atoms with Crippen molar-refractivity contribution < 1.29 is 9.53 Å². The van der Waals surface area contributed by atoms with Crippen LogP contribution in [-0.4, -0.2) is 34.0 Å². The zero-order chi connectivity index (χ0) is 19.8. The summed E-state index contributed by atoms with van der Waals surface area (Å²) in [6, 6.07) is 7.95. The molecular formula is C21H23N3O3S. The molecule has 3 aromatic rings. The predicted octanol–water partition coefficient (Wildman–Crippen LogP) is 3.77. The first-order valence-electron chi connectivity index (χ1n) is 9.48. The average Bonchev–Trinajstić information content (AvgIpc) is 3.33. The van der Waals surface area contributed by atoms with Gasteiger partial charge in [-0.2, -0.15) is 0 Å². The number of carbonyl (C=O) groups excluding carboxylic acids is 1. The number of rotatable bonds is 4. The second-order valence-corrected chi connectivity index (χ2v) is 8.00. The number of benzene rings is 1. The highest BCUT2D eigenvalue weighted by Crippen LogP contribution is 2.36. The molecule has 0 bridgehead atoms. The summed E-state index contributed by atoms with van der Waals surface area (Å²) in [6.45, 7) is 5.04. The number of carbonyl (C=O) groups is 1. The van der Waals surface area contributed by atoms with Gasteiger partial charge in [0.15, 0.2) is 0 Å². The predicted molar refractivity (Wildman–Crippen MR) is 110 cm³/mol. The van der Waals surface area contributed by atoms with Crippen LogP contribution in [0.1, 0.15) is 46.6 Å². The summed E-state index contributed by atoms with van der Waals surface area (Å²) in [7, 11) is 1.64. The molecule has 1 aliphatic heterocycles. The topological polar surface area (TPSA) is 64.4 Å². The number of amides is 1. The molecule has 0 radical (unpaired) electrons. The lowest BCUT2D eigenvalue weighted by molar-refractivity contribution is 0.0740. The summed E-state index contributed by atoms with van der Waals surface area (Å²) in [5.41, 5.74) is 1.77. The smallest absolute Gasteiger partial charge is 0.264 e. The summed E-state index contributed by atoms with van der Waals surface area (Å²) in [4.78, 5) is 33.6. The molecule has 1 fully saturated rings. The van der Waals surface area contributed by atoms with E-state index in [4.69, 9.17) is 4.74 Å². The van der Waals surface area contributed by atoms with Crippen LogP contribution in [0.4, 0.5) is 0 Å². The zero-order valence-electron chi connectivity index (χ0n) is 16.3. The van der Waals surface area contributed by atoms with Crippen molar-refractivity contribution in [3.05, 3.63) is 57.0 Å². The molecule has 1 saturated heterocycles. The third kappa shape index (κ3) is 2.99. The van der Waals surface area contributed by atoms with Gasteiger partial charge in [-0.25, -0.2) is 4.98 Å². The van der Waals surface area contributed by atoms with Gasteiger partial charge in [-0.1, -0.05) is 12.1 Å². The fourth-order valence-corrected chi connectivity index (χ4v) is 5.00. The van der Waals surface area contributed by atoms with Crippen molar-refractivity contribution in [3.63, 3.8) is 0 Å². The SMILES string of the molecule is CCn1cnc2sc(C(=O)N3CCCC3c3ccc(OC)cc3)c(C)c2c1=O. The summed E-state index contributed by atoms with van der Waals surface area (Å²) >= 11 is 1.32. The van der Waals surface area contributed by atoms with Crippen LogP contribution in [0.25, 0.3) is 10.2 Å². The molecule has 2 aromatic heterocycles. The van der Waals surface area contributed by atoms with E-state index in [0.717, 1.165) is 36.3 Å². The first-order chi connectivity index (χ1) is 13.5. The van der Waals surface area contributed by atoms with Gasteiger partial charge in [-0.15, -0.1) is 11.3 Å². The van der Waals surface area contributed by atoms with Gasteiger partial charge in [-0.05, 0) is 49.9 Å². The molecular weight excluding hydrogens is 374 g/mol. The highest BCUT2D eigenvalue weighted by atomic mass is 32.1. The monoisotopic (exact) mass is 397 g/mol. The summed E-state index contributed by atoms with van der Waals surface area (Å²) < 4.78 is 6.81. The second-order valence-electron chi connectivity index (χ2n) is 7.00. The van der Waals surface area contributed by atoms with Crippen LogP contribution < -0.4 is 10.3 Å². The Morgan fingerprint density at radius 1 is 1.32 bits per heavy atom. The molecule has 0 N–H and O–H groups in total. The Kier molecular flexibility index (Phi) is 4.93. The van der Waals surface area contributed by atoms with E-state index >= 15 is 0 Å². The van der Waals surface area contributed by atoms with E-state index in [1.54, 1.807) is 18.0 Å². The van der Waals surface area contributed by atoms with E-state index in [9.17, 15) is 9.59 Å². The number of likely N-dealkylation sites (tertiary alicyclic amines) is 1. The number of fused-ring (bicyclic) bond motifs is 1. The van der Waals surface area contributed by atoms with E-state index < -0.39 is 0 Å². The molecule has 146 valence electrons. The molecule has 0 spiro atoms. The van der Waals surface area contributed by atoms with Crippen LogP contribution >= 0.6 is 11.3 Å². The van der Waals surface area contributed by atoms with Gasteiger partial charge in [0.2, 0.25) is 0 Å². The van der Waals surface area contributed by atoms with Crippen molar-refractivity contribution >= 4 is 27.5 Å². The average molecular weight is 398 g/mol. The molecule has 1 aliphatic rings. The van der Waals surface area contributed by atoms with E-state index in [-0.39, 0.29) is 17.5 Å². The van der Waals surface area contributed by atoms with Gasteiger partial charge in [0.1, 0.15) is 10.6 Å². The lowest BCUT2D eigenvalue weighted by atomic mass is 10.0. The molecule has 1 atom stereocenters. The molecule has 0 aliphatic carbocycles. The first-order valence-corrected chi connectivity index (χ1v) is 10.3. The van der Waals surface area contributed by atoms with Crippen LogP contribution in [0, 0.1) is 6.92 Å². The molecule has 4 rings (SSSR count). The Morgan fingerprint density at radius 3 is 2.75 bits per heavy atom. The van der Waals surface area contributed by atoms with Crippen molar-refractivity contribution in [3.8, 4) is 5.75 Å². The number of aromatic nitrogens is 2. The number of thiophene rings is 1. The minimum Gasteiger partial charge on any atom is -0.497 e. The maximum atomic E-state index is 13.4. The van der Waals surface area contributed by atoms with Gasteiger partial charge in [0.25, 0.3) is 11.5 Å². The summed E-state index contributed by atoms with van der Waals surface area (Å²) in [6.07, 6.45) is 3.46. The van der Waals surface area contributed by atoms with E-state index in [1.807, 2.05) is 43.0 Å². The Balaban J connectivity index is 1.71. The lowest BCUT2D eigenvalue weighted by Crippen LogP contribution is -2.30. The molecule has 3 heterocycles. The number of hydrogen-bond acceptors (Lipinski definition) is 5. The largest absolute Gasteiger partial charge is 0.497 e. The minimum atomic E-state index is -0.0755. The maximum Gasteiger partial charge on any atom is 0.264 e. The number of nitrogens with zero attached hydrogens (tertiary/aromatic N) is 3. The molecule has 1 amide bonds. The van der Waals surface area contributed by atoms with E-state index in [2.05, 4.69) is 4.98 Å². The van der Waals surface area contributed by atoms with Crippen molar-refractivity contribution in [2.45, 2.75) is 39.3 Å². The number of hydrogen-bond donors (Lipinski definition) is 0. The normalized spacial score (nSPS) is 16.7.